The lowest BCUT2D eigenvalue weighted by Gasteiger charge is -2.17. The molecular formula is C20H24N3O+. The molecule has 3 N–H and O–H groups in total. The van der Waals surface area contributed by atoms with Crippen molar-refractivity contribution in [2.45, 2.75) is 45.4 Å². The zero-order chi connectivity index (χ0) is 16.9. The third kappa shape index (κ3) is 3.21. The SMILES string of the molecule is CCOc1ccc(-c2c(C#N)c(N)[nH+]c3c2CCCCCC3)cc1. The number of nitriles is 1. The molecule has 0 unspecified atom stereocenters. The third-order valence-corrected chi connectivity index (χ3v) is 4.64. The minimum Gasteiger partial charge on any atom is -0.494 e. The molecule has 0 fully saturated rings. The topological polar surface area (TPSA) is 73.2 Å². The van der Waals surface area contributed by atoms with Crippen LogP contribution in [0.5, 0.6) is 5.75 Å². The minimum absolute atomic E-state index is 0.473. The van der Waals surface area contributed by atoms with Gasteiger partial charge in [-0.1, -0.05) is 25.0 Å². The Morgan fingerprint density at radius 2 is 1.83 bits per heavy atom. The van der Waals surface area contributed by atoms with Crippen molar-refractivity contribution >= 4 is 5.82 Å². The van der Waals surface area contributed by atoms with Crippen LogP contribution in [-0.4, -0.2) is 6.61 Å². The number of anilines is 1. The molecule has 1 aromatic heterocycles. The molecule has 2 aromatic rings. The van der Waals surface area contributed by atoms with Crippen molar-refractivity contribution < 1.29 is 9.72 Å². The summed E-state index contributed by atoms with van der Waals surface area (Å²) in [5, 5.41) is 9.65. The molecule has 1 heterocycles. The number of pyridine rings is 1. The molecule has 0 spiro atoms. The quantitative estimate of drug-likeness (QED) is 0.937. The molecule has 1 aliphatic carbocycles. The molecule has 0 amide bonds. The van der Waals surface area contributed by atoms with Gasteiger partial charge < -0.3 is 4.74 Å². The van der Waals surface area contributed by atoms with Gasteiger partial charge in [-0.3, -0.25) is 5.73 Å². The summed E-state index contributed by atoms with van der Waals surface area (Å²) in [5.41, 5.74) is 11.2. The Bertz CT molecular complexity index is 760. The predicted molar refractivity (Wildman–Crippen MR) is 94.6 cm³/mol. The van der Waals surface area contributed by atoms with E-state index in [4.69, 9.17) is 10.5 Å². The summed E-state index contributed by atoms with van der Waals surface area (Å²) >= 11 is 0. The van der Waals surface area contributed by atoms with Gasteiger partial charge in [0.05, 0.1) is 6.61 Å². The highest BCUT2D eigenvalue weighted by atomic mass is 16.5. The van der Waals surface area contributed by atoms with Crippen LogP contribution in [0.25, 0.3) is 11.1 Å². The molecular weight excluding hydrogens is 298 g/mol. The maximum absolute atomic E-state index is 9.65. The molecule has 0 aliphatic heterocycles. The molecule has 4 heteroatoms. The number of hydrogen-bond acceptors (Lipinski definition) is 3. The number of ether oxygens (including phenoxy) is 1. The van der Waals surface area contributed by atoms with E-state index in [1.54, 1.807) is 0 Å². The molecule has 4 nitrogen and oxygen atoms in total. The smallest absolute Gasteiger partial charge is 0.289 e. The highest BCUT2D eigenvalue weighted by molar-refractivity contribution is 5.78. The average Bonchev–Trinajstić information content (AvgIpc) is 2.57. The van der Waals surface area contributed by atoms with Gasteiger partial charge in [-0.15, -0.1) is 0 Å². The number of nitrogens with two attached hydrogens (primary N) is 1. The van der Waals surface area contributed by atoms with Gasteiger partial charge in [0.15, 0.2) is 0 Å². The summed E-state index contributed by atoms with van der Waals surface area (Å²) < 4.78 is 5.53. The molecule has 3 rings (SSSR count). The zero-order valence-corrected chi connectivity index (χ0v) is 14.2. The number of aryl methyl sites for hydroxylation is 1. The van der Waals surface area contributed by atoms with Crippen LogP contribution in [0.2, 0.25) is 0 Å². The Balaban J connectivity index is 2.15. The van der Waals surface area contributed by atoms with Gasteiger partial charge in [-0.25, -0.2) is 4.98 Å². The van der Waals surface area contributed by atoms with Crippen molar-refractivity contribution in [3.05, 3.63) is 41.1 Å². The molecule has 0 saturated carbocycles. The average molecular weight is 322 g/mol. The number of aromatic amines is 1. The standard InChI is InChI=1S/C20H23N3O/c1-2-24-15-11-9-14(10-12-15)19-16-7-5-3-4-6-8-18(16)23-20(22)17(19)13-21/h9-12H,2-8H2,1H3,(H2,22,23)/p+1. The number of nitrogens with one attached hydrogen (secondary N) is 1. The summed E-state index contributed by atoms with van der Waals surface area (Å²) in [6, 6.07) is 10.3. The van der Waals surface area contributed by atoms with Crippen molar-refractivity contribution in [1.29, 1.82) is 5.26 Å². The van der Waals surface area contributed by atoms with Crippen molar-refractivity contribution in [3.8, 4) is 22.9 Å². The van der Waals surface area contributed by atoms with E-state index in [1.165, 1.54) is 24.1 Å². The summed E-state index contributed by atoms with van der Waals surface area (Å²) in [4.78, 5) is 3.29. The van der Waals surface area contributed by atoms with Crippen LogP contribution in [0.1, 0.15) is 49.4 Å². The lowest BCUT2D eigenvalue weighted by Crippen LogP contribution is -2.23. The van der Waals surface area contributed by atoms with Gasteiger partial charge in [-0.2, -0.15) is 5.26 Å². The van der Waals surface area contributed by atoms with Gasteiger partial charge >= 0.3 is 0 Å². The molecule has 124 valence electrons. The minimum atomic E-state index is 0.473. The van der Waals surface area contributed by atoms with Crippen molar-refractivity contribution in [2.24, 2.45) is 0 Å². The fourth-order valence-corrected chi connectivity index (χ4v) is 3.50. The lowest BCUT2D eigenvalue weighted by molar-refractivity contribution is -0.374. The fourth-order valence-electron chi connectivity index (χ4n) is 3.50. The number of H-pyrrole nitrogens is 1. The summed E-state index contributed by atoms with van der Waals surface area (Å²) in [7, 11) is 0. The maximum Gasteiger partial charge on any atom is 0.289 e. The lowest BCUT2D eigenvalue weighted by atomic mass is 9.88. The second-order valence-corrected chi connectivity index (χ2v) is 6.23. The van der Waals surface area contributed by atoms with Crippen molar-refractivity contribution in [3.63, 3.8) is 0 Å². The van der Waals surface area contributed by atoms with E-state index >= 15 is 0 Å². The number of benzene rings is 1. The van der Waals surface area contributed by atoms with Gasteiger partial charge in [0.1, 0.15) is 23.1 Å². The summed E-state index contributed by atoms with van der Waals surface area (Å²) in [6.07, 6.45) is 6.80. The van der Waals surface area contributed by atoms with Gasteiger partial charge in [0.25, 0.3) is 5.82 Å². The molecule has 0 radical (unpaired) electrons. The second-order valence-electron chi connectivity index (χ2n) is 6.23. The molecule has 24 heavy (non-hydrogen) atoms. The third-order valence-electron chi connectivity index (χ3n) is 4.64. The summed E-state index contributed by atoms with van der Waals surface area (Å²) in [5.74, 6) is 1.32. The van der Waals surface area contributed by atoms with E-state index in [2.05, 4.69) is 11.1 Å². The van der Waals surface area contributed by atoms with E-state index in [9.17, 15) is 5.26 Å². The first-order valence-corrected chi connectivity index (χ1v) is 8.74. The highest BCUT2D eigenvalue weighted by Gasteiger charge is 2.23. The number of nitrogen functional groups attached to an aromatic ring is 1. The maximum atomic E-state index is 9.65. The number of rotatable bonds is 3. The predicted octanol–water partition coefficient (Wildman–Crippen LogP) is 3.68. The molecule has 1 aliphatic rings. The zero-order valence-electron chi connectivity index (χ0n) is 14.2. The first-order valence-electron chi connectivity index (χ1n) is 8.74. The number of hydrogen-bond donors (Lipinski definition) is 1. The Morgan fingerprint density at radius 1 is 1.12 bits per heavy atom. The monoisotopic (exact) mass is 322 g/mol. The van der Waals surface area contributed by atoms with Gasteiger partial charge in [0, 0.05) is 17.5 Å². The van der Waals surface area contributed by atoms with Crippen LogP contribution in [0.4, 0.5) is 5.82 Å². The Hall–Kier alpha value is -2.54. The van der Waals surface area contributed by atoms with E-state index < -0.39 is 0 Å². The Morgan fingerprint density at radius 3 is 2.50 bits per heavy atom. The molecule has 0 atom stereocenters. The van der Waals surface area contributed by atoms with E-state index in [0.29, 0.717) is 18.0 Å². The van der Waals surface area contributed by atoms with Crippen LogP contribution in [-0.2, 0) is 12.8 Å². The Kier molecular flexibility index (Phi) is 5.00. The largest absolute Gasteiger partial charge is 0.494 e. The highest BCUT2D eigenvalue weighted by Crippen LogP contribution is 2.34. The fraction of sp³-hybridized carbons (Fsp3) is 0.400. The molecule has 1 aromatic carbocycles. The first kappa shape index (κ1) is 16.3. The van der Waals surface area contributed by atoms with Crippen LogP contribution < -0.4 is 15.5 Å². The van der Waals surface area contributed by atoms with E-state index in [0.717, 1.165) is 42.6 Å². The number of aromatic nitrogens is 1. The number of nitrogens with zero attached hydrogens (tertiary/aromatic N) is 1. The van der Waals surface area contributed by atoms with Gasteiger partial charge in [0.2, 0.25) is 0 Å². The normalized spacial score (nSPS) is 14.2. The number of fused-ring (bicyclic) bond motifs is 1. The van der Waals surface area contributed by atoms with Crippen LogP contribution in [0.15, 0.2) is 24.3 Å². The summed E-state index contributed by atoms with van der Waals surface area (Å²) in [6.45, 7) is 2.61. The van der Waals surface area contributed by atoms with E-state index in [-0.39, 0.29) is 0 Å². The first-order chi connectivity index (χ1) is 11.7. The second kappa shape index (κ2) is 7.35. The van der Waals surface area contributed by atoms with Crippen LogP contribution in [0.3, 0.4) is 0 Å². The van der Waals surface area contributed by atoms with Crippen LogP contribution >= 0.6 is 0 Å². The Labute approximate surface area is 143 Å². The van der Waals surface area contributed by atoms with Crippen molar-refractivity contribution in [2.75, 3.05) is 12.3 Å². The molecule has 0 bridgehead atoms. The van der Waals surface area contributed by atoms with Crippen molar-refractivity contribution in [1.82, 2.24) is 0 Å². The van der Waals surface area contributed by atoms with Crippen LogP contribution in [0, 0.1) is 11.3 Å². The molecule has 0 saturated heterocycles. The van der Waals surface area contributed by atoms with E-state index in [1.807, 2.05) is 31.2 Å². The van der Waals surface area contributed by atoms with Gasteiger partial charge in [-0.05, 0) is 43.9 Å².